The fourth-order valence-electron chi connectivity index (χ4n) is 3.36. The third kappa shape index (κ3) is 3.63. The van der Waals surface area contributed by atoms with E-state index >= 15 is 0 Å². The number of amides is 1. The molecule has 3 rings (SSSR count). The Morgan fingerprint density at radius 1 is 1.44 bits per heavy atom. The van der Waals surface area contributed by atoms with Crippen molar-refractivity contribution in [1.29, 1.82) is 0 Å². The molecule has 1 aliphatic heterocycles. The summed E-state index contributed by atoms with van der Waals surface area (Å²) in [6, 6.07) is 4.38. The third-order valence-corrected chi connectivity index (χ3v) is 5.86. The highest BCUT2D eigenvalue weighted by molar-refractivity contribution is 7.21. The number of nitrogens with two attached hydrogens (primary N) is 1. The van der Waals surface area contributed by atoms with Crippen molar-refractivity contribution in [2.45, 2.75) is 25.3 Å². The minimum absolute atomic E-state index is 0.0681. The van der Waals surface area contributed by atoms with E-state index in [9.17, 15) is 4.79 Å². The van der Waals surface area contributed by atoms with Gasteiger partial charge >= 0.3 is 0 Å². The van der Waals surface area contributed by atoms with Gasteiger partial charge in [0.05, 0.1) is 24.0 Å². The van der Waals surface area contributed by atoms with Crippen LogP contribution in [-0.2, 0) is 4.74 Å². The van der Waals surface area contributed by atoms with Gasteiger partial charge in [-0.05, 0) is 31.5 Å². The standard InChI is InChI=1S/C18H26N4O2S/c1-21(2)18(23)16-15(19)12-7-8-13(20-17(12)25-16)14-6-4-5-9-22(14)10-11-24-3/h7-8,14H,4-6,9-11,19H2,1-3H3/t14-/m0/s1. The van der Waals surface area contributed by atoms with E-state index in [1.165, 1.54) is 24.2 Å². The van der Waals surface area contributed by atoms with Crippen LogP contribution in [0.5, 0.6) is 0 Å². The van der Waals surface area contributed by atoms with Crippen LogP contribution in [-0.4, -0.2) is 61.6 Å². The Bertz CT molecular complexity index is 759. The normalized spacial score (nSPS) is 18.6. The molecule has 0 aromatic carbocycles. The van der Waals surface area contributed by atoms with E-state index in [0.29, 0.717) is 16.6 Å². The van der Waals surface area contributed by atoms with Crippen LogP contribution in [0.4, 0.5) is 5.69 Å². The highest BCUT2D eigenvalue weighted by Gasteiger charge is 2.26. The highest BCUT2D eigenvalue weighted by atomic mass is 32.1. The fourth-order valence-corrected chi connectivity index (χ4v) is 4.48. The number of nitrogens with zero attached hydrogens (tertiary/aromatic N) is 3. The lowest BCUT2D eigenvalue weighted by Gasteiger charge is -2.35. The Balaban J connectivity index is 1.93. The summed E-state index contributed by atoms with van der Waals surface area (Å²) in [5.41, 5.74) is 7.80. The van der Waals surface area contributed by atoms with Crippen LogP contribution in [0.25, 0.3) is 10.2 Å². The number of aromatic nitrogens is 1. The molecule has 6 nitrogen and oxygen atoms in total. The molecule has 2 aromatic rings. The zero-order valence-corrected chi connectivity index (χ0v) is 15.9. The van der Waals surface area contributed by atoms with E-state index in [4.69, 9.17) is 15.5 Å². The quantitative estimate of drug-likeness (QED) is 0.885. The molecule has 1 aliphatic rings. The van der Waals surface area contributed by atoms with E-state index in [1.807, 2.05) is 6.07 Å². The van der Waals surface area contributed by atoms with E-state index in [1.54, 1.807) is 26.1 Å². The Hall–Kier alpha value is -1.70. The largest absolute Gasteiger partial charge is 0.397 e. The number of ether oxygens (including phenoxy) is 1. The van der Waals surface area contributed by atoms with E-state index in [0.717, 1.165) is 42.0 Å². The number of piperidine rings is 1. The van der Waals surface area contributed by atoms with E-state index in [2.05, 4.69) is 11.0 Å². The van der Waals surface area contributed by atoms with Crippen LogP contribution in [0.3, 0.4) is 0 Å². The van der Waals surface area contributed by atoms with Crippen molar-refractivity contribution in [3.05, 3.63) is 22.7 Å². The fraction of sp³-hybridized carbons (Fsp3) is 0.556. The van der Waals surface area contributed by atoms with Crippen LogP contribution in [0, 0.1) is 0 Å². The summed E-state index contributed by atoms with van der Waals surface area (Å²) in [6.45, 7) is 2.72. The molecule has 0 unspecified atom stereocenters. The molecule has 1 amide bonds. The molecule has 0 saturated carbocycles. The highest BCUT2D eigenvalue weighted by Crippen LogP contribution is 2.36. The van der Waals surface area contributed by atoms with Gasteiger partial charge in [-0.25, -0.2) is 4.98 Å². The van der Waals surface area contributed by atoms with Crippen LogP contribution in [0.15, 0.2) is 12.1 Å². The molecule has 1 atom stereocenters. The maximum Gasteiger partial charge on any atom is 0.265 e. The van der Waals surface area contributed by atoms with E-state index in [-0.39, 0.29) is 5.91 Å². The first-order valence-corrected chi connectivity index (χ1v) is 9.48. The number of fused-ring (bicyclic) bond motifs is 1. The Kier molecular flexibility index (Phi) is 5.56. The maximum absolute atomic E-state index is 12.3. The first-order chi connectivity index (χ1) is 12.0. The number of carbonyl (C=O) groups is 1. The first-order valence-electron chi connectivity index (χ1n) is 8.66. The smallest absolute Gasteiger partial charge is 0.265 e. The van der Waals surface area contributed by atoms with Gasteiger partial charge in [-0.3, -0.25) is 9.69 Å². The molecule has 3 heterocycles. The molecule has 0 aliphatic carbocycles. The van der Waals surface area contributed by atoms with Gasteiger partial charge in [0, 0.05) is 33.1 Å². The summed E-state index contributed by atoms with van der Waals surface area (Å²) in [7, 11) is 5.21. The molecule has 1 fully saturated rings. The SMILES string of the molecule is COCCN1CCCC[C@H]1c1ccc2c(N)c(C(=O)N(C)C)sc2n1. The van der Waals surface area contributed by atoms with Gasteiger partial charge < -0.3 is 15.4 Å². The molecular formula is C18H26N4O2S. The van der Waals surface area contributed by atoms with Crippen molar-refractivity contribution in [2.75, 3.05) is 46.6 Å². The molecule has 136 valence electrons. The first kappa shape index (κ1) is 18.1. The van der Waals surface area contributed by atoms with Crippen LogP contribution < -0.4 is 5.73 Å². The van der Waals surface area contributed by atoms with Crippen molar-refractivity contribution in [2.24, 2.45) is 0 Å². The number of hydrogen-bond donors (Lipinski definition) is 1. The van der Waals surface area contributed by atoms with Crippen molar-refractivity contribution in [3.63, 3.8) is 0 Å². The minimum Gasteiger partial charge on any atom is -0.397 e. The van der Waals surface area contributed by atoms with Crippen LogP contribution in [0.2, 0.25) is 0 Å². The maximum atomic E-state index is 12.3. The third-order valence-electron chi connectivity index (χ3n) is 4.75. The number of rotatable bonds is 5. The van der Waals surface area contributed by atoms with Crippen LogP contribution in [0.1, 0.15) is 40.7 Å². The molecule has 25 heavy (non-hydrogen) atoms. The molecule has 2 aromatic heterocycles. The lowest BCUT2D eigenvalue weighted by atomic mass is 9.98. The molecular weight excluding hydrogens is 336 g/mol. The number of carbonyl (C=O) groups excluding carboxylic acids is 1. The molecule has 1 saturated heterocycles. The second-order valence-electron chi connectivity index (χ2n) is 6.67. The zero-order chi connectivity index (χ0) is 18.0. The van der Waals surface area contributed by atoms with Gasteiger partial charge in [-0.1, -0.05) is 6.42 Å². The number of methoxy groups -OCH3 is 1. The summed E-state index contributed by atoms with van der Waals surface area (Å²) in [4.78, 5) is 22.6. The second kappa shape index (κ2) is 7.68. The van der Waals surface area contributed by atoms with Gasteiger partial charge in [-0.15, -0.1) is 11.3 Å². The minimum atomic E-state index is -0.0681. The predicted octanol–water partition coefficient (Wildman–Crippen LogP) is 2.75. The van der Waals surface area contributed by atoms with Crippen molar-refractivity contribution in [1.82, 2.24) is 14.8 Å². The lowest BCUT2D eigenvalue weighted by Crippen LogP contribution is -2.36. The number of pyridine rings is 1. The molecule has 7 heteroatoms. The van der Waals surface area contributed by atoms with E-state index < -0.39 is 0 Å². The predicted molar refractivity (Wildman–Crippen MR) is 102 cm³/mol. The van der Waals surface area contributed by atoms with Gasteiger partial charge in [0.15, 0.2) is 0 Å². The summed E-state index contributed by atoms with van der Waals surface area (Å²) in [5, 5.41) is 0.873. The molecule has 0 bridgehead atoms. The van der Waals surface area contributed by atoms with Gasteiger partial charge in [-0.2, -0.15) is 0 Å². The summed E-state index contributed by atoms with van der Waals surface area (Å²) in [6.07, 6.45) is 3.53. The van der Waals surface area contributed by atoms with Crippen molar-refractivity contribution >= 4 is 33.1 Å². The topological polar surface area (TPSA) is 71.7 Å². The number of anilines is 1. The zero-order valence-electron chi connectivity index (χ0n) is 15.1. The number of hydrogen-bond acceptors (Lipinski definition) is 6. The number of thiophene rings is 1. The molecule has 0 spiro atoms. The van der Waals surface area contributed by atoms with Crippen LogP contribution >= 0.6 is 11.3 Å². The molecule has 0 radical (unpaired) electrons. The van der Waals surface area contributed by atoms with Crippen molar-refractivity contribution in [3.8, 4) is 0 Å². The second-order valence-corrected chi connectivity index (χ2v) is 7.67. The summed E-state index contributed by atoms with van der Waals surface area (Å²) in [5.74, 6) is -0.0681. The Morgan fingerprint density at radius 2 is 2.24 bits per heavy atom. The summed E-state index contributed by atoms with van der Waals surface area (Å²) < 4.78 is 5.25. The molecule has 2 N–H and O–H groups in total. The lowest BCUT2D eigenvalue weighted by molar-refractivity contribution is 0.0833. The number of nitrogen functional groups attached to an aromatic ring is 1. The van der Waals surface area contributed by atoms with Gasteiger partial charge in [0.25, 0.3) is 5.91 Å². The number of likely N-dealkylation sites (tertiary alicyclic amines) is 1. The van der Waals surface area contributed by atoms with Gasteiger partial charge in [0.1, 0.15) is 9.71 Å². The monoisotopic (exact) mass is 362 g/mol. The average Bonchev–Trinajstić information content (AvgIpc) is 2.95. The van der Waals surface area contributed by atoms with Crippen molar-refractivity contribution < 1.29 is 9.53 Å². The average molecular weight is 362 g/mol. The Labute approximate surface area is 152 Å². The Morgan fingerprint density at radius 3 is 2.96 bits per heavy atom. The summed E-state index contributed by atoms with van der Waals surface area (Å²) >= 11 is 1.39. The van der Waals surface area contributed by atoms with Gasteiger partial charge in [0.2, 0.25) is 0 Å².